The summed E-state index contributed by atoms with van der Waals surface area (Å²) in [5.74, 6) is 0. The summed E-state index contributed by atoms with van der Waals surface area (Å²) in [6.45, 7) is 6.95. The molecule has 0 aliphatic rings. The Hall–Kier alpha value is -0.200. The number of likely N-dealkylation sites (N-methyl/N-ethyl adjacent to an activating group) is 1. The lowest BCUT2D eigenvalue weighted by molar-refractivity contribution is 0.129. The molecule has 20 heavy (non-hydrogen) atoms. The van der Waals surface area contributed by atoms with Crippen LogP contribution in [-0.2, 0) is 9.47 Å². The predicted octanol–water partition coefficient (Wildman–Crippen LogP) is 1.11. The Labute approximate surface area is 124 Å². The average molecular weight is 290 g/mol. The molecule has 0 heterocycles. The normalized spacial score (nSPS) is 14.7. The zero-order valence-electron chi connectivity index (χ0n) is 13.8. The fourth-order valence-corrected chi connectivity index (χ4v) is 2.12. The predicted molar refractivity (Wildman–Crippen MR) is 83.2 cm³/mol. The van der Waals surface area contributed by atoms with Gasteiger partial charge in [-0.1, -0.05) is 6.42 Å². The van der Waals surface area contributed by atoms with Crippen molar-refractivity contribution in [2.45, 2.75) is 38.1 Å². The van der Waals surface area contributed by atoms with Crippen molar-refractivity contribution >= 4 is 0 Å². The van der Waals surface area contributed by atoms with Crippen molar-refractivity contribution in [1.29, 1.82) is 0 Å². The van der Waals surface area contributed by atoms with Crippen molar-refractivity contribution in [2.75, 3.05) is 60.7 Å². The highest BCUT2D eigenvalue weighted by atomic mass is 16.5. The van der Waals surface area contributed by atoms with Crippen LogP contribution in [-0.4, -0.2) is 76.3 Å². The van der Waals surface area contributed by atoms with E-state index in [-0.39, 0.29) is 12.1 Å². The molecule has 0 aliphatic carbocycles. The first kappa shape index (κ1) is 19.8. The summed E-state index contributed by atoms with van der Waals surface area (Å²) >= 11 is 0. The number of rotatable bonds is 14. The molecule has 0 aromatic rings. The third-order valence-electron chi connectivity index (χ3n) is 3.84. The molecule has 5 nitrogen and oxygen atoms in total. The lowest BCUT2D eigenvalue weighted by Crippen LogP contribution is -2.43. The number of nitrogens with zero attached hydrogens (tertiary/aromatic N) is 1. The highest BCUT2D eigenvalue weighted by Crippen LogP contribution is 2.12. The lowest BCUT2D eigenvalue weighted by Gasteiger charge is -2.27. The maximum Gasteiger partial charge on any atom is 0.0610 e. The third-order valence-corrected chi connectivity index (χ3v) is 3.84. The summed E-state index contributed by atoms with van der Waals surface area (Å²) in [7, 11) is 5.39. The van der Waals surface area contributed by atoms with Crippen molar-refractivity contribution in [1.82, 2.24) is 10.2 Å². The first-order valence-corrected chi connectivity index (χ1v) is 7.62. The molecule has 0 amide bonds. The molecule has 0 rings (SSSR count). The standard InChI is InChI=1S/C15H34N2O3/c1-15(14-18,16-2)8-5-6-9-17(11-13-20-4)10-7-12-19-3/h16,18H,5-14H2,1-4H3. The van der Waals surface area contributed by atoms with Crippen molar-refractivity contribution in [3.63, 3.8) is 0 Å². The lowest BCUT2D eigenvalue weighted by atomic mass is 9.96. The van der Waals surface area contributed by atoms with Crippen molar-refractivity contribution in [3.05, 3.63) is 0 Å². The van der Waals surface area contributed by atoms with Gasteiger partial charge >= 0.3 is 0 Å². The Morgan fingerprint density at radius 3 is 2.20 bits per heavy atom. The highest BCUT2D eigenvalue weighted by molar-refractivity contribution is 4.80. The second kappa shape index (κ2) is 12.5. The minimum Gasteiger partial charge on any atom is -0.394 e. The smallest absolute Gasteiger partial charge is 0.0610 e. The number of unbranched alkanes of at least 4 members (excludes halogenated alkanes) is 1. The van der Waals surface area contributed by atoms with E-state index < -0.39 is 0 Å². The summed E-state index contributed by atoms with van der Waals surface area (Å²) in [6.07, 6.45) is 4.32. The summed E-state index contributed by atoms with van der Waals surface area (Å²) < 4.78 is 10.3. The van der Waals surface area contributed by atoms with E-state index >= 15 is 0 Å². The van der Waals surface area contributed by atoms with Crippen molar-refractivity contribution < 1.29 is 14.6 Å². The molecule has 0 saturated carbocycles. The van der Waals surface area contributed by atoms with Crippen LogP contribution < -0.4 is 5.32 Å². The van der Waals surface area contributed by atoms with E-state index in [4.69, 9.17) is 9.47 Å². The fourth-order valence-electron chi connectivity index (χ4n) is 2.12. The number of aliphatic hydroxyl groups excluding tert-OH is 1. The molecule has 0 aromatic carbocycles. The molecule has 0 aromatic heterocycles. The molecule has 0 fully saturated rings. The number of ether oxygens (including phenoxy) is 2. The zero-order chi connectivity index (χ0) is 15.3. The summed E-state index contributed by atoms with van der Waals surface area (Å²) in [6, 6.07) is 0. The number of hydrogen-bond donors (Lipinski definition) is 2. The first-order chi connectivity index (χ1) is 9.61. The van der Waals surface area contributed by atoms with Crippen LogP contribution >= 0.6 is 0 Å². The number of aliphatic hydroxyl groups is 1. The molecule has 5 heteroatoms. The van der Waals surface area contributed by atoms with E-state index in [1.807, 2.05) is 7.05 Å². The highest BCUT2D eigenvalue weighted by Gasteiger charge is 2.19. The van der Waals surface area contributed by atoms with Gasteiger partial charge in [-0.25, -0.2) is 0 Å². The maximum absolute atomic E-state index is 9.35. The molecular weight excluding hydrogens is 256 g/mol. The van der Waals surface area contributed by atoms with Gasteiger partial charge in [-0.3, -0.25) is 0 Å². The largest absolute Gasteiger partial charge is 0.394 e. The number of methoxy groups -OCH3 is 2. The maximum atomic E-state index is 9.35. The van der Waals surface area contributed by atoms with Gasteiger partial charge in [0.2, 0.25) is 0 Å². The Morgan fingerprint density at radius 1 is 1.00 bits per heavy atom. The first-order valence-electron chi connectivity index (χ1n) is 7.62. The summed E-state index contributed by atoms with van der Waals surface area (Å²) in [5, 5.41) is 12.5. The van der Waals surface area contributed by atoms with Gasteiger partial charge in [0, 0.05) is 39.5 Å². The Bertz CT molecular complexity index is 211. The second-order valence-electron chi connectivity index (χ2n) is 5.61. The Morgan fingerprint density at radius 2 is 1.65 bits per heavy atom. The zero-order valence-corrected chi connectivity index (χ0v) is 13.8. The molecule has 0 bridgehead atoms. The number of hydrogen-bond acceptors (Lipinski definition) is 5. The Kier molecular flexibility index (Phi) is 12.4. The Balaban J connectivity index is 3.87. The minimum absolute atomic E-state index is 0.145. The van der Waals surface area contributed by atoms with Gasteiger partial charge in [-0.2, -0.15) is 0 Å². The topological polar surface area (TPSA) is 54.0 Å². The van der Waals surface area contributed by atoms with Crippen LogP contribution in [0.5, 0.6) is 0 Å². The summed E-state index contributed by atoms with van der Waals surface area (Å²) in [5.41, 5.74) is -0.145. The van der Waals surface area contributed by atoms with Gasteiger partial charge in [0.15, 0.2) is 0 Å². The second-order valence-corrected chi connectivity index (χ2v) is 5.61. The molecule has 1 unspecified atom stereocenters. The van der Waals surface area contributed by atoms with E-state index in [9.17, 15) is 5.11 Å². The molecule has 1 atom stereocenters. The van der Waals surface area contributed by atoms with E-state index in [1.165, 1.54) is 0 Å². The van der Waals surface area contributed by atoms with Crippen LogP contribution in [0.4, 0.5) is 0 Å². The monoisotopic (exact) mass is 290 g/mol. The van der Waals surface area contributed by atoms with E-state index in [2.05, 4.69) is 17.1 Å². The van der Waals surface area contributed by atoms with E-state index in [1.54, 1.807) is 14.2 Å². The van der Waals surface area contributed by atoms with E-state index in [0.717, 1.165) is 58.5 Å². The minimum atomic E-state index is -0.145. The fraction of sp³-hybridized carbons (Fsp3) is 1.00. The van der Waals surface area contributed by atoms with Gasteiger partial charge in [0.1, 0.15) is 0 Å². The van der Waals surface area contributed by atoms with E-state index in [0.29, 0.717) is 0 Å². The molecule has 0 saturated heterocycles. The van der Waals surface area contributed by atoms with Crippen LogP contribution in [0, 0.1) is 0 Å². The van der Waals surface area contributed by atoms with Crippen LogP contribution in [0.1, 0.15) is 32.6 Å². The van der Waals surface area contributed by atoms with Crippen LogP contribution in [0.25, 0.3) is 0 Å². The van der Waals surface area contributed by atoms with Crippen LogP contribution in [0.15, 0.2) is 0 Å². The SMILES string of the molecule is CNC(C)(CO)CCCCN(CCCOC)CCOC. The quantitative estimate of drug-likeness (QED) is 0.469. The molecule has 0 aliphatic heterocycles. The van der Waals surface area contributed by atoms with Gasteiger partial charge < -0.3 is 24.8 Å². The molecular formula is C15H34N2O3. The average Bonchev–Trinajstić information content (AvgIpc) is 2.48. The number of nitrogens with one attached hydrogen (secondary N) is 1. The molecule has 0 radical (unpaired) electrons. The van der Waals surface area contributed by atoms with Gasteiger partial charge in [0.05, 0.1) is 13.2 Å². The summed E-state index contributed by atoms with van der Waals surface area (Å²) in [4.78, 5) is 2.43. The van der Waals surface area contributed by atoms with Crippen molar-refractivity contribution in [3.8, 4) is 0 Å². The van der Waals surface area contributed by atoms with Gasteiger partial charge in [-0.05, 0) is 39.8 Å². The molecule has 0 spiro atoms. The molecule has 2 N–H and O–H groups in total. The molecule has 122 valence electrons. The van der Waals surface area contributed by atoms with Crippen LogP contribution in [0.3, 0.4) is 0 Å². The van der Waals surface area contributed by atoms with Crippen LogP contribution in [0.2, 0.25) is 0 Å². The third kappa shape index (κ3) is 9.66. The van der Waals surface area contributed by atoms with Gasteiger partial charge in [-0.15, -0.1) is 0 Å². The van der Waals surface area contributed by atoms with Crippen molar-refractivity contribution in [2.24, 2.45) is 0 Å². The van der Waals surface area contributed by atoms with Gasteiger partial charge in [0.25, 0.3) is 0 Å².